The van der Waals surface area contributed by atoms with Crippen molar-refractivity contribution in [3.05, 3.63) is 65.2 Å². The van der Waals surface area contributed by atoms with E-state index in [0.717, 1.165) is 28.9 Å². The predicted octanol–water partition coefficient (Wildman–Crippen LogP) is 5.74. The van der Waals surface area contributed by atoms with Crippen LogP contribution in [0.1, 0.15) is 25.1 Å². The topological polar surface area (TPSA) is 81.4 Å². The van der Waals surface area contributed by atoms with Gasteiger partial charge in [0.15, 0.2) is 5.13 Å². The van der Waals surface area contributed by atoms with Crippen molar-refractivity contribution in [2.24, 2.45) is 0 Å². The molecule has 0 saturated heterocycles. The molecule has 2 aromatic heterocycles. The number of aryl methyl sites for hydroxylation is 1. The minimum atomic E-state index is -0.0715. The molecule has 164 valence electrons. The molecule has 0 unspecified atom stereocenters. The summed E-state index contributed by atoms with van der Waals surface area (Å²) < 4.78 is 11.2. The minimum absolute atomic E-state index is 0.0715. The molecule has 2 aromatic carbocycles. The number of aromatic nitrogens is 3. The van der Waals surface area contributed by atoms with E-state index in [1.54, 1.807) is 18.9 Å². The predicted molar refractivity (Wildman–Crippen MR) is 127 cm³/mol. The number of nitrogens with zero attached hydrogens (tertiary/aromatic N) is 4. The van der Waals surface area contributed by atoms with E-state index in [-0.39, 0.29) is 5.91 Å². The monoisotopic (exact) mass is 466 g/mol. The number of hydrogen-bond donors (Lipinski definition) is 0. The highest BCUT2D eigenvalue weighted by Gasteiger charge is 2.20. The van der Waals surface area contributed by atoms with Gasteiger partial charge in [0.1, 0.15) is 5.75 Å². The van der Waals surface area contributed by atoms with Crippen LogP contribution in [0.2, 0.25) is 0 Å². The number of benzene rings is 2. The summed E-state index contributed by atoms with van der Waals surface area (Å²) in [4.78, 5) is 18.8. The smallest absolute Gasteiger partial charge is 0.277 e. The summed E-state index contributed by atoms with van der Waals surface area (Å²) in [6, 6.07) is 15.4. The third-order valence-electron chi connectivity index (χ3n) is 4.75. The molecule has 4 rings (SSSR count). The molecule has 0 spiro atoms. The Morgan fingerprint density at radius 3 is 2.72 bits per heavy atom. The zero-order valence-electron chi connectivity index (χ0n) is 17.9. The maximum atomic E-state index is 12.4. The number of thiazole rings is 1. The molecule has 0 saturated carbocycles. The van der Waals surface area contributed by atoms with Crippen molar-refractivity contribution in [3.63, 3.8) is 0 Å². The van der Waals surface area contributed by atoms with E-state index < -0.39 is 0 Å². The Morgan fingerprint density at radius 1 is 1.16 bits per heavy atom. The summed E-state index contributed by atoms with van der Waals surface area (Å²) in [6.45, 7) is 3.63. The van der Waals surface area contributed by atoms with Gasteiger partial charge in [0.25, 0.3) is 11.1 Å². The van der Waals surface area contributed by atoms with Crippen LogP contribution in [0.5, 0.6) is 5.75 Å². The summed E-state index contributed by atoms with van der Waals surface area (Å²) in [5.74, 6) is 1.56. The van der Waals surface area contributed by atoms with Crippen molar-refractivity contribution in [1.29, 1.82) is 0 Å². The quantitative estimate of drug-likeness (QED) is 0.306. The Labute approximate surface area is 194 Å². The van der Waals surface area contributed by atoms with Gasteiger partial charge in [-0.2, -0.15) is 0 Å². The molecular weight excluding hydrogens is 444 g/mol. The van der Waals surface area contributed by atoms with E-state index in [4.69, 9.17) is 9.15 Å². The fraction of sp³-hybridized carbons (Fsp3) is 0.217. The van der Waals surface area contributed by atoms with Crippen LogP contribution in [0.4, 0.5) is 10.8 Å². The van der Waals surface area contributed by atoms with Crippen LogP contribution in [0.15, 0.2) is 63.6 Å². The number of hydrogen-bond acceptors (Lipinski definition) is 8. The van der Waals surface area contributed by atoms with Crippen LogP contribution >= 0.6 is 23.1 Å². The lowest BCUT2D eigenvalue weighted by molar-refractivity contribution is -0.115. The second-order valence-corrected chi connectivity index (χ2v) is 8.58. The first kappa shape index (κ1) is 22.0. The Hall–Kier alpha value is -3.17. The van der Waals surface area contributed by atoms with Crippen molar-refractivity contribution in [3.8, 4) is 17.2 Å². The van der Waals surface area contributed by atoms with Crippen molar-refractivity contribution < 1.29 is 13.9 Å². The summed E-state index contributed by atoms with van der Waals surface area (Å²) in [5, 5.41) is 11.3. The number of carbonyl (C=O) groups excluding carboxylic acids is 1. The first-order valence-corrected chi connectivity index (χ1v) is 11.9. The van der Waals surface area contributed by atoms with Crippen LogP contribution in [-0.4, -0.2) is 28.2 Å². The van der Waals surface area contributed by atoms with E-state index in [1.165, 1.54) is 23.1 Å². The van der Waals surface area contributed by atoms with Crippen molar-refractivity contribution in [2.45, 2.75) is 31.2 Å². The molecule has 1 amide bonds. The third-order valence-corrected chi connectivity index (χ3v) is 6.47. The van der Waals surface area contributed by atoms with Crippen molar-refractivity contribution >= 4 is 39.8 Å². The van der Waals surface area contributed by atoms with Crippen LogP contribution in [0.3, 0.4) is 0 Å². The van der Waals surface area contributed by atoms with Gasteiger partial charge < -0.3 is 9.15 Å². The van der Waals surface area contributed by atoms with E-state index in [9.17, 15) is 4.79 Å². The third kappa shape index (κ3) is 4.68. The normalized spacial score (nSPS) is 10.8. The zero-order valence-corrected chi connectivity index (χ0v) is 19.6. The molecule has 0 aliphatic heterocycles. The number of anilines is 2. The number of methoxy groups -OCH3 is 1. The molecule has 4 aromatic rings. The molecule has 9 heteroatoms. The lowest BCUT2D eigenvalue weighted by atomic mass is 10.1. The molecular formula is C23H22N4O3S2. The summed E-state index contributed by atoms with van der Waals surface area (Å²) in [6.07, 6.45) is 0.833. The number of thioether (sulfide) groups is 1. The van der Waals surface area contributed by atoms with Gasteiger partial charge in [0, 0.05) is 18.1 Å². The van der Waals surface area contributed by atoms with Crippen LogP contribution in [0, 0.1) is 0 Å². The molecule has 0 aliphatic rings. The Balaban J connectivity index is 1.49. The fourth-order valence-corrected chi connectivity index (χ4v) is 4.88. The lowest BCUT2D eigenvalue weighted by Crippen LogP contribution is -2.23. The Bertz CT molecular complexity index is 1220. The van der Waals surface area contributed by atoms with Gasteiger partial charge in [-0.1, -0.05) is 49.0 Å². The molecule has 32 heavy (non-hydrogen) atoms. The standard InChI is InChI=1S/C23H22N4O3S2/c1-4-16-9-5-7-11-19(16)27(15(2)28)22-24-17(13-31-22)14-32-23-26-25-21(30-23)18-10-6-8-12-20(18)29-3/h5-13H,4,14H2,1-3H3. The van der Waals surface area contributed by atoms with Gasteiger partial charge in [-0.05, 0) is 30.2 Å². The van der Waals surface area contributed by atoms with Gasteiger partial charge in [0.2, 0.25) is 5.91 Å². The molecule has 7 nitrogen and oxygen atoms in total. The van der Waals surface area contributed by atoms with Crippen LogP contribution in [-0.2, 0) is 17.0 Å². The number of para-hydroxylation sites is 2. The van der Waals surface area contributed by atoms with Gasteiger partial charge in [0.05, 0.1) is 24.1 Å². The molecule has 0 radical (unpaired) electrons. The van der Waals surface area contributed by atoms with Crippen molar-refractivity contribution in [2.75, 3.05) is 12.0 Å². The molecule has 0 bridgehead atoms. The maximum absolute atomic E-state index is 12.4. The summed E-state index contributed by atoms with van der Waals surface area (Å²) in [5.41, 5.74) is 3.56. The number of ether oxygens (including phenoxy) is 1. The second kappa shape index (κ2) is 9.97. The largest absolute Gasteiger partial charge is 0.496 e. The van der Waals surface area contributed by atoms with Gasteiger partial charge in [-0.15, -0.1) is 21.5 Å². The lowest BCUT2D eigenvalue weighted by Gasteiger charge is -2.20. The van der Waals surface area contributed by atoms with Crippen LogP contribution in [0.25, 0.3) is 11.5 Å². The fourth-order valence-electron chi connectivity index (χ4n) is 3.23. The number of rotatable bonds is 8. The number of carbonyl (C=O) groups is 1. The highest BCUT2D eigenvalue weighted by atomic mass is 32.2. The first-order valence-electron chi connectivity index (χ1n) is 10.0. The average Bonchev–Trinajstić information content (AvgIpc) is 3.48. The maximum Gasteiger partial charge on any atom is 0.277 e. The SMILES string of the molecule is CCc1ccccc1N(C(C)=O)c1nc(CSc2nnc(-c3ccccc3OC)o2)cs1. The second-order valence-electron chi connectivity index (χ2n) is 6.82. The Kier molecular flexibility index (Phi) is 6.87. The van der Waals surface area contributed by atoms with Gasteiger partial charge >= 0.3 is 0 Å². The van der Waals surface area contributed by atoms with Gasteiger partial charge in [-0.3, -0.25) is 9.69 Å². The van der Waals surface area contributed by atoms with E-state index in [1.807, 2.05) is 53.9 Å². The molecule has 0 atom stereocenters. The van der Waals surface area contributed by atoms with E-state index in [2.05, 4.69) is 22.1 Å². The molecule has 0 aliphatic carbocycles. The van der Waals surface area contributed by atoms with Crippen molar-refractivity contribution in [1.82, 2.24) is 15.2 Å². The highest BCUT2D eigenvalue weighted by molar-refractivity contribution is 7.98. The molecule has 2 heterocycles. The summed E-state index contributed by atoms with van der Waals surface area (Å²) >= 11 is 2.84. The van der Waals surface area contributed by atoms with E-state index >= 15 is 0 Å². The zero-order chi connectivity index (χ0) is 22.5. The highest BCUT2D eigenvalue weighted by Crippen LogP contribution is 2.34. The summed E-state index contributed by atoms with van der Waals surface area (Å²) in [7, 11) is 1.61. The van der Waals surface area contributed by atoms with Crippen LogP contribution < -0.4 is 9.64 Å². The minimum Gasteiger partial charge on any atom is -0.496 e. The molecule has 0 N–H and O–H groups in total. The average molecular weight is 467 g/mol. The molecule has 0 fully saturated rings. The van der Waals surface area contributed by atoms with Gasteiger partial charge in [-0.25, -0.2) is 4.98 Å². The number of amides is 1. The Morgan fingerprint density at radius 2 is 1.94 bits per heavy atom. The first-order chi connectivity index (χ1) is 15.6. The van der Waals surface area contributed by atoms with E-state index in [0.29, 0.717) is 27.7 Å².